The Morgan fingerprint density at radius 1 is 1.38 bits per heavy atom. The first kappa shape index (κ1) is 16.6. The van der Waals surface area contributed by atoms with Gasteiger partial charge in [0, 0.05) is 32.0 Å². The molecule has 24 heavy (non-hydrogen) atoms. The molecular formula is C17H22FN5O. The zero-order valence-corrected chi connectivity index (χ0v) is 13.7. The van der Waals surface area contributed by atoms with Crippen molar-refractivity contribution in [2.24, 2.45) is 5.92 Å². The summed E-state index contributed by atoms with van der Waals surface area (Å²) in [5.74, 6) is 1.47. The Morgan fingerprint density at radius 2 is 2.25 bits per heavy atom. The third kappa shape index (κ3) is 3.97. The molecular weight excluding hydrogens is 309 g/mol. The number of nitrogens with one attached hydrogen (secondary N) is 1. The van der Waals surface area contributed by atoms with E-state index < -0.39 is 0 Å². The van der Waals surface area contributed by atoms with Crippen molar-refractivity contribution in [2.45, 2.75) is 25.8 Å². The molecule has 0 saturated carbocycles. The van der Waals surface area contributed by atoms with Crippen molar-refractivity contribution in [3.8, 4) is 0 Å². The molecule has 0 amide bonds. The van der Waals surface area contributed by atoms with Gasteiger partial charge in [-0.25, -0.2) is 14.4 Å². The summed E-state index contributed by atoms with van der Waals surface area (Å²) in [5, 5.41) is 12.6. The van der Waals surface area contributed by atoms with E-state index in [1.165, 1.54) is 18.6 Å². The Labute approximate surface area is 140 Å². The monoisotopic (exact) mass is 331 g/mol. The molecule has 3 rings (SSSR count). The molecule has 2 atom stereocenters. The van der Waals surface area contributed by atoms with Crippen LogP contribution in [0.25, 0.3) is 0 Å². The maximum Gasteiger partial charge on any atom is 0.141 e. The highest BCUT2D eigenvalue weighted by Crippen LogP contribution is 2.24. The van der Waals surface area contributed by atoms with Crippen molar-refractivity contribution in [3.63, 3.8) is 0 Å². The average Bonchev–Trinajstić information content (AvgIpc) is 2.62. The Hall–Kier alpha value is -2.28. The number of hydrogen-bond acceptors (Lipinski definition) is 6. The molecule has 2 aromatic heterocycles. The molecule has 2 aromatic rings. The van der Waals surface area contributed by atoms with E-state index in [1.807, 2.05) is 13.0 Å². The van der Waals surface area contributed by atoms with Crippen molar-refractivity contribution >= 4 is 11.6 Å². The second kappa shape index (κ2) is 7.53. The van der Waals surface area contributed by atoms with Crippen LogP contribution in [0.1, 0.15) is 31.4 Å². The summed E-state index contributed by atoms with van der Waals surface area (Å²) < 4.78 is 13.3. The summed E-state index contributed by atoms with van der Waals surface area (Å²) in [5.41, 5.74) is 0.758. The van der Waals surface area contributed by atoms with Crippen LogP contribution >= 0.6 is 0 Å². The van der Waals surface area contributed by atoms with Crippen LogP contribution in [0.5, 0.6) is 0 Å². The molecule has 3 heterocycles. The quantitative estimate of drug-likeness (QED) is 0.876. The molecule has 128 valence electrons. The fraction of sp³-hybridized carbons (Fsp3) is 0.471. The summed E-state index contributed by atoms with van der Waals surface area (Å²) in [6.45, 7) is 3.86. The van der Waals surface area contributed by atoms with Gasteiger partial charge in [0.2, 0.25) is 0 Å². The van der Waals surface area contributed by atoms with E-state index in [0.717, 1.165) is 37.3 Å². The van der Waals surface area contributed by atoms with Crippen LogP contribution in [0.15, 0.2) is 30.9 Å². The Kier molecular flexibility index (Phi) is 5.20. The molecule has 2 N–H and O–H groups in total. The molecule has 0 aromatic carbocycles. The van der Waals surface area contributed by atoms with Crippen LogP contribution < -0.4 is 10.2 Å². The normalized spacial score (nSPS) is 19.1. The van der Waals surface area contributed by atoms with Gasteiger partial charge in [0.05, 0.1) is 12.2 Å². The van der Waals surface area contributed by atoms with Gasteiger partial charge in [0.25, 0.3) is 0 Å². The molecule has 0 aliphatic carbocycles. The SMILES string of the molecule is CC(Nc1cc(N2CCCC(CO)C2)ncn1)c1cncc(F)c1. The van der Waals surface area contributed by atoms with Crippen molar-refractivity contribution < 1.29 is 9.50 Å². The lowest BCUT2D eigenvalue weighted by Crippen LogP contribution is -2.37. The van der Waals surface area contributed by atoms with E-state index in [1.54, 1.807) is 6.20 Å². The van der Waals surface area contributed by atoms with E-state index in [-0.39, 0.29) is 18.5 Å². The summed E-state index contributed by atoms with van der Waals surface area (Å²) >= 11 is 0. The Balaban J connectivity index is 1.71. The lowest BCUT2D eigenvalue weighted by Gasteiger charge is -2.32. The van der Waals surface area contributed by atoms with Crippen LogP contribution in [-0.2, 0) is 0 Å². The number of aromatic nitrogens is 3. The number of anilines is 2. The number of halogens is 1. The highest BCUT2D eigenvalue weighted by Gasteiger charge is 2.20. The minimum atomic E-state index is -0.354. The largest absolute Gasteiger partial charge is 0.396 e. The van der Waals surface area contributed by atoms with Gasteiger partial charge in [-0.15, -0.1) is 0 Å². The number of aliphatic hydroxyl groups excluding tert-OH is 1. The Morgan fingerprint density at radius 3 is 3.04 bits per heavy atom. The number of pyridine rings is 1. The number of piperidine rings is 1. The molecule has 1 aliphatic heterocycles. The van der Waals surface area contributed by atoms with E-state index in [0.29, 0.717) is 11.7 Å². The van der Waals surface area contributed by atoms with Crippen LogP contribution in [-0.4, -0.2) is 39.8 Å². The predicted octanol–water partition coefficient (Wildman–Crippen LogP) is 2.39. The summed E-state index contributed by atoms with van der Waals surface area (Å²) in [6, 6.07) is 3.23. The minimum Gasteiger partial charge on any atom is -0.396 e. The summed E-state index contributed by atoms with van der Waals surface area (Å²) in [6.07, 6.45) is 6.44. The average molecular weight is 331 g/mol. The molecule has 2 unspecified atom stereocenters. The first-order chi connectivity index (χ1) is 11.7. The fourth-order valence-corrected chi connectivity index (χ4v) is 2.99. The molecule has 0 radical (unpaired) electrons. The third-order valence-electron chi connectivity index (χ3n) is 4.34. The maximum absolute atomic E-state index is 13.3. The van der Waals surface area contributed by atoms with E-state index >= 15 is 0 Å². The summed E-state index contributed by atoms with van der Waals surface area (Å²) in [7, 11) is 0. The zero-order valence-electron chi connectivity index (χ0n) is 13.7. The van der Waals surface area contributed by atoms with Crippen LogP contribution in [0.3, 0.4) is 0 Å². The number of nitrogens with zero attached hydrogens (tertiary/aromatic N) is 4. The topological polar surface area (TPSA) is 74.2 Å². The minimum absolute atomic E-state index is 0.123. The van der Waals surface area contributed by atoms with E-state index in [2.05, 4.69) is 25.2 Å². The van der Waals surface area contributed by atoms with Crippen molar-refractivity contribution in [1.29, 1.82) is 0 Å². The fourth-order valence-electron chi connectivity index (χ4n) is 2.99. The standard InChI is InChI=1S/C17H22FN5O/c1-12(14-5-15(18)8-19-7-14)22-16-6-17(21-11-20-16)23-4-2-3-13(9-23)10-24/h5-8,11-13,24H,2-4,9-10H2,1H3,(H,20,21,22). The molecule has 1 fully saturated rings. The molecule has 1 aliphatic rings. The van der Waals surface area contributed by atoms with Gasteiger partial charge in [0.15, 0.2) is 0 Å². The van der Waals surface area contributed by atoms with Crippen molar-refractivity contribution in [3.05, 3.63) is 42.2 Å². The molecule has 7 heteroatoms. The van der Waals surface area contributed by atoms with Crippen molar-refractivity contribution in [1.82, 2.24) is 15.0 Å². The Bertz CT molecular complexity index is 684. The first-order valence-corrected chi connectivity index (χ1v) is 8.20. The summed E-state index contributed by atoms with van der Waals surface area (Å²) in [4.78, 5) is 14.6. The van der Waals surface area contributed by atoms with Crippen molar-refractivity contribution in [2.75, 3.05) is 29.9 Å². The first-order valence-electron chi connectivity index (χ1n) is 8.20. The van der Waals surface area contributed by atoms with Gasteiger partial charge in [0.1, 0.15) is 23.8 Å². The van der Waals surface area contributed by atoms with Gasteiger partial charge in [-0.05, 0) is 37.3 Å². The molecule has 1 saturated heterocycles. The third-order valence-corrected chi connectivity index (χ3v) is 4.34. The molecule has 6 nitrogen and oxygen atoms in total. The number of aliphatic hydroxyl groups is 1. The molecule has 0 bridgehead atoms. The second-order valence-corrected chi connectivity index (χ2v) is 6.20. The van der Waals surface area contributed by atoms with E-state index in [4.69, 9.17) is 0 Å². The highest BCUT2D eigenvalue weighted by molar-refractivity contribution is 5.49. The van der Waals surface area contributed by atoms with Gasteiger partial charge in [-0.1, -0.05) is 0 Å². The lowest BCUT2D eigenvalue weighted by molar-refractivity contribution is 0.208. The van der Waals surface area contributed by atoms with Crippen LogP contribution in [0.4, 0.5) is 16.0 Å². The van der Waals surface area contributed by atoms with Crippen LogP contribution in [0, 0.1) is 11.7 Å². The smallest absolute Gasteiger partial charge is 0.141 e. The molecule has 0 spiro atoms. The van der Waals surface area contributed by atoms with Gasteiger partial charge >= 0.3 is 0 Å². The number of hydrogen-bond donors (Lipinski definition) is 2. The maximum atomic E-state index is 13.3. The lowest BCUT2D eigenvalue weighted by atomic mass is 9.99. The highest BCUT2D eigenvalue weighted by atomic mass is 19.1. The predicted molar refractivity (Wildman–Crippen MR) is 90.3 cm³/mol. The van der Waals surface area contributed by atoms with E-state index in [9.17, 15) is 9.50 Å². The zero-order chi connectivity index (χ0) is 16.9. The second-order valence-electron chi connectivity index (χ2n) is 6.20. The van der Waals surface area contributed by atoms with Gasteiger partial charge < -0.3 is 15.3 Å². The van der Waals surface area contributed by atoms with Crippen LogP contribution in [0.2, 0.25) is 0 Å². The number of rotatable bonds is 5. The van der Waals surface area contributed by atoms with Gasteiger partial charge in [-0.2, -0.15) is 0 Å². The van der Waals surface area contributed by atoms with Gasteiger partial charge in [-0.3, -0.25) is 4.98 Å².